The number of rotatable bonds is 8. The van der Waals surface area contributed by atoms with Crippen LogP contribution in [0, 0.1) is 11.9 Å². The van der Waals surface area contributed by atoms with E-state index in [2.05, 4.69) is 25.6 Å². The summed E-state index contributed by atoms with van der Waals surface area (Å²) in [5.41, 5.74) is 0.926. The van der Waals surface area contributed by atoms with Crippen molar-refractivity contribution in [3.8, 4) is 5.82 Å². The first-order valence-electron chi connectivity index (χ1n) is 9.22. The third-order valence-electron chi connectivity index (χ3n) is 4.16. The molecule has 0 bridgehead atoms. The number of carbonyl (C=O) groups is 1. The van der Waals surface area contributed by atoms with E-state index in [1.807, 2.05) is 26.0 Å². The summed E-state index contributed by atoms with van der Waals surface area (Å²) in [6, 6.07) is 7.82. The number of amides is 1. The van der Waals surface area contributed by atoms with Gasteiger partial charge in [-0.3, -0.25) is 9.36 Å². The Morgan fingerprint density at radius 2 is 2.00 bits per heavy atom. The van der Waals surface area contributed by atoms with Gasteiger partial charge in [0, 0.05) is 30.0 Å². The third-order valence-corrected chi connectivity index (χ3v) is 4.41. The van der Waals surface area contributed by atoms with E-state index >= 15 is 0 Å². The average Bonchev–Trinajstić information content (AvgIpc) is 3.21. The van der Waals surface area contributed by atoms with E-state index in [0.29, 0.717) is 23.8 Å². The third kappa shape index (κ3) is 5.99. The molecule has 0 radical (unpaired) electrons. The molecular formula is C20H22ClFN6O. The van der Waals surface area contributed by atoms with Gasteiger partial charge in [-0.25, -0.2) is 4.98 Å². The van der Waals surface area contributed by atoms with Gasteiger partial charge in [0.05, 0.1) is 0 Å². The van der Waals surface area contributed by atoms with Crippen molar-refractivity contribution in [1.29, 1.82) is 0 Å². The van der Waals surface area contributed by atoms with Crippen molar-refractivity contribution >= 4 is 23.5 Å². The number of halogens is 2. The fourth-order valence-corrected chi connectivity index (χ4v) is 2.90. The number of hydrogen-bond acceptors (Lipinski definition) is 5. The monoisotopic (exact) mass is 416 g/mol. The molecule has 1 amide bonds. The minimum absolute atomic E-state index is 0.0426. The lowest BCUT2D eigenvalue weighted by Gasteiger charge is -2.20. The molecule has 0 saturated carbocycles. The minimum atomic E-state index is -0.698. The number of aromatic nitrogens is 4. The maximum atomic E-state index is 14.0. The normalized spacial score (nSPS) is 12.0. The van der Waals surface area contributed by atoms with Crippen LogP contribution < -0.4 is 10.6 Å². The largest absolute Gasteiger partial charge is 0.350 e. The van der Waals surface area contributed by atoms with Gasteiger partial charge in [-0.2, -0.15) is 14.4 Å². The van der Waals surface area contributed by atoms with Crippen molar-refractivity contribution < 1.29 is 9.18 Å². The van der Waals surface area contributed by atoms with Crippen LogP contribution in [0.1, 0.15) is 25.8 Å². The van der Waals surface area contributed by atoms with Crippen molar-refractivity contribution in [2.45, 2.75) is 32.9 Å². The Bertz CT molecular complexity index is 946. The Hall–Kier alpha value is -3.00. The fraction of sp³-hybridized carbons (Fsp3) is 0.300. The van der Waals surface area contributed by atoms with E-state index in [0.717, 1.165) is 5.56 Å². The molecule has 2 N–H and O–H groups in total. The predicted octanol–water partition coefficient (Wildman–Crippen LogP) is 3.60. The zero-order valence-electron chi connectivity index (χ0n) is 16.1. The molecule has 3 rings (SSSR count). The first-order valence-corrected chi connectivity index (χ1v) is 9.60. The van der Waals surface area contributed by atoms with Gasteiger partial charge in [-0.1, -0.05) is 37.6 Å². The number of hydrogen-bond donors (Lipinski definition) is 2. The van der Waals surface area contributed by atoms with Gasteiger partial charge in [-0.05, 0) is 30.0 Å². The van der Waals surface area contributed by atoms with Crippen LogP contribution in [0.3, 0.4) is 0 Å². The summed E-state index contributed by atoms with van der Waals surface area (Å²) in [5.74, 6) is -0.319. The number of nitrogens with zero attached hydrogens (tertiary/aromatic N) is 4. The van der Waals surface area contributed by atoms with Gasteiger partial charge in [-0.15, -0.1) is 0 Å². The molecule has 0 saturated heterocycles. The minimum Gasteiger partial charge on any atom is -0.350 e. The molecule has 29 heavy (non-hydrogen) atoms. The molecule has 7 nitrogen and oxygen atoms in total. The van der Waals surface area contributed by atoms with Crippen molar-refractivity contribution in [2.24, 2.45) is 5.92 Å². The molecule has 1 unspecified atom stereocenters. The molecule has 1 aromatic carbocycles. The number of carbonyl (C=O) groups excluding carboxylic acids is 1. The zero-order chi connectivity index (χ0) is 20.8. The van der Waals surface area contributed by atoms with Gasteiger partial charge < -0.3 is 10.6 Å². The van der Waals surface area contributed by atoms with Gasteiger partial charge in [0.1, 0.15) is 18.2 Å². The maximum Gasteiger partial charge on any atom is 0.242 e. The Balaban J connectivity index is 1.73. The molecule has 1 atom stereocenters. The van der Waals surface area contributed by atoms with Gasteiger partial charge in [0.25, 0.3) is 0 Å². The lowest BCUT2D eigenvalue weighted by molar-refractivity contribution is -0.122. The number of benzene rings is 1. The molecule has 0 fully saturated rings. The molecule has 0 spiro atoms. The first kappa shape index (κ1) is 20.7. The SMILES string of the molecule is CC(C)CC(Nc1nc(F)cc(-n2ccnc2)n1)C(=O)NCc1ccc(Cl)cc1. The van der Waals surface area contributed by atoms with Crippen LogP contribution in [-0.2, 0) is 11.3 Å². The van der Waals surface area contributed by atoms with E-state index in [1.54, 1.807) is 29.1 Å². The Morgan fingerprint density at radius 1 is 1.24 bits per heavy atom. The highest BCUT2D eigenvalue weighted by Gasteiger charge is 2.21. The topological polar surface area (TPSA) is 84.7 Å². The molecule has 2 aromatic heterocycles. The molecule has 0 aliphatic rings. The predicted molar refractivity (Wildman–Crippen MR) is 109 cm³/mol. The van der Waals surface area contributed by atoms with Gasteiger partial charge >= 0.3 is 0 Å². The van der Waals surface area contributed by atoms with Crippen molar-refractivity contribution in [1.82, 2.24) is 24.8 Å². The van der Waals surface area contributed by atoms with E-state index in [9.17, 15) is 9.18 Å². The van der Waals surface area contributed by atoms with Crippen LogP contribution in [0.5, 0.6) is 0 Å². The zero-order valence-corrected chi connectivity index (χ0v) is 16.9. The maximum absolute atomic E-state index is 14.0. The van der Waals surface area contributed by atoms with Crippen LogP contribution in [-0.4, -0.2) is 31.5 Å². The smallest absolute Gasteiger partial charge is 0.242 e. The van der Waals surface area contributed by atoms with E-state index in [-0.39, 0.29) is 17.8 Å². The Kier molecular flexibility index (Phi) is 6.77. The summed E-state index contributed by atoms with van der Waals surface area (Å²) < 4.78 is 15.6. The van der Waals surface area contributed by atoms with Crippen LogP contribution >= 0.6 is 11.6 Å². The summed E-state index contributed by atoms with van der Waals surface area (Å²) in [6.07, 6.45) is 5.26. The van der Waals surface area contributed by atoms with Crippen molar-refractivity contribution in [3.05, 3.63) is 65.6 Å². The average molecular weight is 417 g/mol. The molecule has 0 aliphatic heterocycles. The first-order chi connectivity index (χ1) is 13.9. The van der Waals surface area contributed by atoms with E-state index in [1.165, 1.54) is 12.4 Å². The van der Waals surface area contributed by atoms with Crippen LogP contribution in [0.2, 0.25) is 5.02 Å². The molecule has 2 heterocycles. The van der Waals surface area contributed by atoms with Gasteiger partial charge in [0.15, 0.2) is 0 Å². The van der Waals surface area contributed by atoms with Crippen molar-refractivity contribution in [3.63, 3.8) is 0 Å². The fourth-order valence-electron chi connectivity index (χ4n) is 2.77. The molecule has 152 valence electrons. The summed E-state index contributed by atoms with van der Waals surface area (Å²) in [6.45, 7) is 4.37. The van der Waals surface area contributed by atoms with Crippen LogP contribution in [0.15, 0.2) is 49.1 Å². The lowest BCUT2D eigenvalue weighted by Crippen LogP contribution is -2.40. The quantitative estimate of drug-likeness (QED) is 0.548. The lowest BCUT2D eigenvalue weighted by atomic mass is 10.0. The Labute approximate surface area is 173 Å². The second-order valence-electron chi connectivity index (χ2n) is 7.01. The standard InChI is InChI=1S/C20H22ClFN6O/c1-13(2)9-16(19(29)24-11-14-3-5-15(21)6-4-14)25-20-26-17(22)10-18(27-20)28-8-7-23-12-28/h3-8,10,12-13,16H,9,11H2,1-2H3,(H,24,29)(H,25,26,27). The van der Waals surface area contributed by atoms with E-state index < -0.39 is 12.0 Å². The highest BCUT2D eigenvalue weighted by atomic mass is 35.5. The second kappa shape index (κ2) is 9.47. The molecule has 0 aliphatic carbocycles. The van der Waals surface area contributed by atoms with Crippen LogP contribution in [0.4, 0.5) is 10.3 Å². The summed E-state index contributed by atoms with van der Waals surface area (Å²) in [5, 5.41) is 6.50. The molecule has 3 aromatic rings. The Morgan fingerprint density at radius 3 is 2.66 bits per heavy atom. The molecular weight excluding hydrogens is 395 g/mol. The summed E-state index contributed by atoms with van der Waals surface area (Å²) in [7, 11) is 0. The second-order valence-corrected chi connectivity index (χ2v) is 7.45. The van der Waals surface area contributed by atoms with E-state index in [4.69, 9.17) is 11.6 Å². The number of imidazole rings is 1. The molecule has 9 heteroatoms. The highest BCUT2D eigenvalue weighted by Crippen LogP contribution is 2.14. The summed E-state index contributed by atoms with van der Waals surface area (Å²) >= 11 is 5.89. The van der Waals surface area contributed by atoms with Crippen LogP contribution in [0.25, 0.3) is 5.82 Å². The number of nitrogens with one attached hydrogen (secondary N) is 2. The number of anilines is 1. The summed E-state index contributed by atoms with van der Waals surface area (Å²) in [4.78, 5) is 24.8. The van der Waals surface area contributed by atoms with Gasteiger partial charge in [0.2, 0.25) is 17.8 Å². The van der Waals surface area contributed by atoms with Crippen molar-refractivity contribution in [2.75, 3.05) is 5.32 Å². The highest BCUT2D eigenvalue weighted by molar-refractivity contribution is 6.30.